The summed E-state index contributed by atoms with van der Waals surface area (Å²) < 4.78 is 45.6. The molecule has 8 heteroatoms. The highest BCUT2D eigenvalue weighted by atomic mass is 35.5. The zero-order valence-corrected chi connectivity index (χ0v) is 18.8. The first-order valence-corrected chi connectivity index (χ1v) is 10.7. The first kappa shape index (κ1) is 23.1. The van der Waals surface area contributed by atoms with Crippen molar-refractivity contribution in [2.75, 3.05) is 0 Å². The summed E-state index contributed by atoms with van der Waals surface area (Å²) in [7, 11) is 0. The molecule has 0 bridgehead atoms. The van der Waals surface area contributed by atoms with Gasteiger partial charge in [0.1, 0.15) is 5.75 Å². The van der Waals surface area contributed by atoms with Crippen LogP contribution in [0.15, 0.2) is 72.8 Å². The minimum atomic E-state index is -4.45. The summed E-state index contributed by atoms with van der Waals surface area (Å²) in [6, 6.07) is 19.5. The fourth-order valence-electron chi connectivity index (χ4n) is 3.34. The maximum absolute atomic E-state index is 13.2. The molecule has 0 amide bonds. The molecule has 3 aromatic carbocycles. The van der Waals surface area contributed by atoms with Crippen LogP contribution in [0.25, 0.3) is 11.1 Å². The van der Waals surface area contributed by atoms with Crippen molar-refractivity contribution in [1.82, 2.24) is 10.2 Å². The highest BCUT2D eigenvalue weighted by molar-refractivity contribution is 6.42. The van der Waals surface area contributed by atoms with Crippen LogP contribution in [-0.4, -0.2) is 10.2 Å². The summed E-state index contributed by atoms with van der Waals surface area (Å²) in [5, 5.41) is 9.07. The van der Waals surface area contributed by atoms with E-state index in [0.29, 0.717) is 39.0 Å². The quantitative estimate of drug-likeness (QED) is 0.284. The third kappa shape index (κ3) is 5.64. The SMILES string of the molecule is Cc1cc(-c2cccc(C(F)(F)F)c2)c(Oc2cccc(Cc3ccc(Cl)c(Cl)c3)c2)nn1. The van der Waals surface area contributed by atoms with Gasteiger partial charge in [0.2, 0.25) is 5.88 Å². The van der Waals surface area contributed by atoms with E-state index in [1.807, 2.05) is 24.3 Å². The molecule has 0 aliphatic carbocycles. The number of alkyl halides is 3. The number of aryl methyl sites for hydroxylation is 1. The molecule has 0 unspecified atom stereocenters. The van der Waals surface area contributed by atoms with Crippen LogP contribution in [0.5, 0.6) is 11.6 Å². The number of rotatable bonds is 5. The van der Waals surface area contributed by atoms with Gasteiger partial charge in [-0.1, -0.05) is 53.5 Å². The van der Waals surface area contributed by atoms with Gasteiger partial charge in [0.25, 0.3) is 0 Å². The molecular formula is C25H17Cl2F3N2O. The number of hydrogen-bond donors (Lipinski definition) is 0. The van der Waals surface area contributed by atoms with E-state index in [1.54, 1.807) is 37.3 Å². The standard InChI is InChI=1S/C25H17Cl2F3N2O/c1-15-10-21(18-5-3-6-19(14-18)25(28,29)30)24(32-31-15)33-20-7-2-4-16(12-20)11-17-8-9-22(26)23(27)13-17/h2-10,12-14H,11H2,1H3. The summed E-state index contributed by atoms with van der Waals surface area (Å²) in [4.78, 5) is 0. The molecule has 0 fully saturated rings. The Balaban J connectivity index is 1.64. The minimum absolute atomic E-state index is 0.117. The average Bonchev–Trinajstić information content (AvgIpc) is 2.77. The largest absolute Gasteiger partial charge is 0.437 e. The van der Waals surface area contributed by atoms with Crippen molar-refractivity contribution >= 4 is 23.2 Å². The Morgan fingerprint density at radius 3 is 2.33 bits per heavy atom. The monoisotopic (exact) mass is 488 g/mol. The molecule has 4 rings (SSSR count). The lowest BCUT2D eigenvalue weighted by Crippen LogP contribution is -2.05. The number of halogens is 5. The zero-order valence-electron chi connectivity index (χ0n) is 17.3. The molecule has 1 aromatic heterocycles. The van der Waals surface area contributed by atoms with Gasteiger partial charge in [0.05, 0.1) is 21.3 Å². The lowest BCUT2D eigenvalue weighted by atomic mass is 10.0. The summed E-state index contributed by atoms with van der Waals surface area (Å²) in [6.07, 6.45) is -3.86. The van der Waals surface area contributed by atoms with Crippen molar-refractivity contribution < 1.29 is 17.9 Å². The van der Waals surface area contributed by atoms with Gasteiger partial charge in [0.15, 0.2) is 0 Å². The van der Waals surface area contributed by atoms with Crippen LogP contribution < -0.4 is 4.74 Å². The van der Waals surface area contributed by atoms with Gasteiger partial charge in [-0.3, -0.25) is 0 Å². The van der Waals surface area contributed by atoms with E-state index in [-0.39, 0.29) is 5.88 Å². The van der Waals surface area contributed by atoms with Crippen molar-refractivity contribution in [3.05, 3.63) is 105 Å². The van der Waals surface area contributed by atoms with Crippen LogP contribution in [-0.2, 0) is 12.6 Å². The van der Waals surface area contributed by atoms with E-state index in [4.69, 9.17) is 27.9 Å². The van der Waals surface area contributed by atoms with Crippen LogP contribution in [0, 0.1) is 6.92 Å². The Kier molecular flexibility index (Phi) is 6.58. The molecule has 0 saturated heterocycles. The molecule has 0 aliphatic heterocycles. The molecule has 168 valence electrons. The number of hydrogen-bond acceptors (Lipinski definition) is 3. The lowest BCUT2D eigenvalue weighted by Gasteiger charge is -2.13. The van der Waals surface area contributed by atoms with Gasteiger partial charge < -0.3 is 4.74 Å². The Morgan fingerprint density at radius 2 is 1.58 bits per heavy atom. The topological polar surface area (TPSA) is 35.0 Å². The Hall–Kier alpha value is -3.09. The fraction of sp³-hybridized carbons (Fsp3) is 0.120. The number of aromatic nitrogens is 2. The van der Waals surface area contributed by atoms with E-state index in [0.717, 1.165) is 23.3 Å². The predicted molar refractivity (Wildman–Crippen MR) is 123 cm³/mol. The van der Waals surface area contributed by atoms with Gasteiger partial charge in [-0.15, -0.1) is 5.10 Å². The summed E-state index contributed by atoms with van der Waals surface area (Å²) in [6.45, 7) is 1.71. The molecular weight excluding hydrogens is 472 g/mol. The smallest absolute Gasteiger partial charge is 0.416 e. The second-order valence-electron chi connectivity index (χ2n) is 7.46. The summed E-state index contributed by atoms with van der Waals surface area (Å²) in [5.74, 6) is 0.602. The first-order valence-electron chi connectivity index (χ1n) is 9.92. The maximum atomic E-state index is 13.2. The lowest BCUT2D eigenvalue weighted by molar-refractivity contribution is -0.137. The molecule has 3 nitrogen and oxygen atoms in total. The van der Waals surface area contributed by atoms with Crippen LogP contribution in [0.4, 0.5) is 13.2 Å². The molecule has 0 aliphatic rings. The summed E-state index contributed by atoms with van der Waals surface area (Å²) in [5.41, 5.74) is 2.49. The van der Waals surface area contributed by atoms with Gasteiger partial charge in [-0.05, 0) is 72.5 Å². The molecule has 4 aromatic rings. The van der Waals surface area contributed by atoms with E-state index in [9.17, 15) is 13.2 Å². The van der Waals surface area contributed by atoms with Crippen molar-refractivity contribution in [2.24, 2.45) is 0 Å². The third-order valence-electron chi connectivity index (χ3n) is 4.89. The third-order valence-corrected chi connectivity index (χ3v) is 5.63. The van der Waals surface area contributed by atoms with Gasteiger partial charge in [-0.2, -0.15) is 18.3 Å². The highest BCUT2D eigenvalue weighted by Gasteiger charge is 2.30. The first-order chi connectivity index (χ1) is 15.7. The van der Waals surface area contributed by atoms with Crippen LogP contribution in [0.3, 0.4) is 0 Å². The molecule has 0 N–H and O–H groups in total. The van der Waals surface area contributed by atoms with Crippen molar-refractivity contribution in [3.8, 4) is 22.8 Å². The Bertz CT molecular complexity index is 1310. The molecule has 0 spiro atoms. The predicted octanol–water partition coefficient (Wildman–Crippen LogP) is 8.16. The Labute approximate surface area is 198 Å². The molecule has 33 heavy (non-hydrogen) atoms. The second-order valence-corrected chi connectivity index (χ2v) is 8.27. The zero-order chi connectivity index (χ0) is 23.6. The van der Waals surface area contributed by atoms with Crippen LogP contribution in [0.1, 0.15) is 22.4 Å². The molecule has 0 radical (unpaired) electrons. The minimum Gasteiger partial charge on any atom is -0.437 e. The fourth-order valence-corrected chi connectivity index (χ4v) is 3.66. The molecule has 1 heterocycles. The number of ether oxygens (including phenoxy) is 1. The van der Waals surface area contributed by atoms with Crippen molar-refractivity contribution in [1.29, 1.82) is 0 Å². The van der Waals surface area contributed by atoms with Gasteiger partial charge in [-0.25, -0.2) is 0 Å². The average molecular weight is 489 g/mol. The normalized spacial score (nSPS) is 11.5. The van der Waals surface area contributed by atoms with Crippen LogP contribution >= 0.6 is 23.2 Å². The Morgan fingerprint density at radius 1 is 0.818 bits per heavy atom. The second kappa shape index (κ2) is 9.41. The van der Waals surface area contributed by atoms with Gasteiger partial charge >= 0.3 is 6.18 Å². The van der Waals surface area contributed by atoms with E-state index >= 15 is 0 Å². The van der Waals surface area contributed by atoms with Crippen molar-refractivity contribution in [2.45, 2.75) is 19.5 Å². The maximum Gasteiger partial charge on any atom is 0.416 e. The van der Waals surface area contributed by atoms with Crippen LogP contribution in [0.2, 0.25) is 10.0 Å². The number of benzene rings is 3. The number of nitrogens with zero attached hydrogens (tertiary/aromatic N) is 2. The highest BCUT2D eigenvalue weighted by Crippen LogP contribution is 2.36. The van der Waals surface area contributed by atoms with E-state index < -0.39 is 11.7 Å². The summed E-state index contributed by atoms with van der Waals surface area (Å²) >= 11 is 12.1. The van der Waals surface area contributed by atoms with Crippen molar-refractivity contribution in [3.63, 3.8) is 0 Å². The molecule has 0 saturated carbocycles. The molecule has 0 atom stereocenters. The van der Waals surface area contributed by atoms with E-state index in [2.05, 4.69) is 10.2 Å². The van der Waals surface area contributed by atoms with E-state index in [1.165, 1.54) is 6.07 Å². The van der Waals surface area contributed by atoms with Gasteiger partial charge in [0, 0.05) is 5.56 Å².